The van der Waals surface area contributed by atoms with Gasteiger partial charge in [0, 0.05) is 0 Å². The van der Waals surface area contributed by atoms with Gasteiger partial charge in [0.05, 0.1) is 6.10 Å². The molecule has 4 rings (SSSR count). The average molecular weight is 274 g/mol. The van der Waals surface area contributed by atoms with Crippen LogP contribution in [0.15, 0.2) is 12.2 Å². The molecule has 1 N–H and O–H groups in total. The van der Waals surface area contributed by atoms with Gasteiger partial charge in [0.1, 0.15) is 0 Å². The Morgan fingerprint density at radius 2 is 1.85 bits per heavy atom. The molecule has 7 atom stereocenters. The zero-order valence-corrected chi connectivity index (χ0v) is 13.1. The summed E-state index contributed by atoms with van der Waals surface area (Å²) in [6.07, 6.45) is 15.4. The van der Waals surface area contributed by atoms with Gasteiger partial charge >= 0.3 is 0 Å². The Hall–Kier alpha value is -0.300. The summed E-state index contributed by atoms with van der Waals surface area (Å²) in [4.78, 5) is 0. The zero-order chi connectivity index (χ0) is 14.0. The Morgan fingerprint density at radius 1 is 1.00 bits per heavy atom. The van der Waals surface area contributed by atoms with E-state index in [0.717, 1.165) is 36.5 Å². The summed E-state index contributed by atoms with van der Waals surface area (Å²) >= 11 is 0. The predicted molar refractivity (Wildman–Crippen MR) is 82.3 cm³/mol. The fourth-order valence-electron chi connectivity index (χ4n) is 6.72. The summed E-state index contributed by atoms with van der Waals surface area (Å²) in [5.74, 6) is 3.61. The number of rotatable bonds is 0. The highest BCUT2D eigenvalue weighted by Gasteiger charge is 2.56. The van der Waals surface area contributed by atoms with Crippen LogP contribution in [0.3, 0.4) is 0 Å². The van der Waals surface area contributed by atoms with E-state index >= 15 is 0 Å². The summed E-state index contributed by atoms with van der Waals surface area (Å²) in [7, 11) is 0. The fourth-order valence-corrected chi connectivity index (χ4v) is 6.72. The number of allylic oxidation sites excluding steroid dienone is 2. The van der Waals surface area contributed by atoms with E-state index < -0.39 is 0 Å². The van der Waals surface area contributed by atoms with Crippen molar-refractivity contribution in [2.75, 3.05) is 0 Å². The highest BCUT2D eigenvalue weighted by atomic mass is 16.3. The lowest BCUT2D eigenvalue weighted by Gasteiger charge is -2.60. The Bertz CT molecular complexity index is 427. The zero-order valence-electron chi connectivity index (χ0n) is 13.1. The van der Waals surface area contributed by atoms with E-state index in [9.17, 15) is 5.11 Å². The fraction of sp³-hybridized carbons (Fsp3) is 0.895. The minimum atomic E-state index is -0.00775. The van der Waals surface area contributed by atoms with Crippen LogP contribution in [-0.4, -0.2) is 11.2 Å². The van der Waals surface area contributed by atoms with Crippen LogP contribution in [0.1, 0.15) is 65.2 Å². The van der Waals surface area contributed by atoms with Gasteiger partial charge in [0.2, 0.25) is 0 Å². The molecule has 0 aromatic heterocycles. The summed E-state index contributed by atoms with van der Waals surface area (Å²) in [5, 5.41) is 10.0. The van der Waals surface area contributed by atoms with Gasteiger partial charge in [0.15, 0.2) is 0 Å². The van der Waals surface area contributed by atoms with Crippen molar-refractivity contribution in [2.24, 2.45) is 34.5 Å². The minimum absolute atomic E-state index is 0.00775. The first-order valence-corrected chi connectivity index (χ1v) is 8.89. The van der Waals surface area contributed by atoms with Gasteiger partial charge < -0.3 is 5.11 Å². The molecule has 0 saturated heterocycles. The molecule has 4 aliphatic rings. The van der Waals surface area contributed by atoms with Crippen LogP contribution in [0.5, 0.6) is 0 Å². The standard InChI is InChI=1S/C19H30O/c1-18-9-3-4-16(18)15-6-5-13-12-14(20)7-11-19(13,2)17(15)8-10-18/h3,9,13-17,20H,4-8,10-12H2,1-2H3/t13-,14?,15+,16-,17-,18+,19+/m1/s1. The summed E-state index contributed by atoms with van der Waals surface area (Å²) < 4.78 is 0. The van der Waals surface area contributed by atoms with Crippen molar-refractivity contribution >= 4 is 0 Å². The maximum absolute atomic E-state index is 10.0. The molecule has 0 heterocycles. The first kappa shape index (κ1) is 13.4. The van der Waals surface area contributed by atoms with Crippen LogP contribution in [0.4, 0.5) is 0 Å². The number of hydrogen-bond acceptors (Lipinski definition) is 1. The number of fused-ring (bicyclic) bond motifs is 5. The molecule has 1 unspecified atom stereocenters. The van der Waals surface area contributed by atoms with Gasteiger partial charge in [-0.2, -0.15) is 0 Å². The largest absolute Gasteiger partial charge is 0.393 e. The molecule has 3 saturated carbocycles. The SMILES string of the molecule is C[C@]12CCC(O)C[C@H]1CC[C@@H]1[C@H]2CC[C@]2(C)C=CC[C@H]12. The summed E-state index contributed by atoms with van der Waals surface area (Å²) in [5.41, 5.74) is 1.05. The number of hydrogen-bond donors (Lipinski definition) is 1. The highest BCUT2D eigenvalue weighted by molar-refractivity contribution is 5.16. The molecule has 0 spiro atoms. The molecule has 0 radical (unpaired) electrons. The van der Waals surface area contributed by atoms with Crippen LogP contribution >= 0.6 is 0 Å². The Balaban J connectivity index is 1.63. The van der Waals surface area contributed by atoms with Crippen LogP contribution in [0, 0.1) is 34.5 Å². The van der Waals surface area contributed by atoms with E-state index in [1.54, 1.807) is 0 Å². The number of aliphatic hydroxyl groups excluding tert-OH is 1. The van der Waals surface area contributed by atoms with E-state index in [-0.39, 0.29) is 6.10 Å². The maximum atomic E-state index is 10.0. The predicted octanol–water partition coefficient (Wildman–Crippen LogP) is 4.56. The van der Waals surface area contributed by atoms with Crippen LogP contribution in [0.25, 0.3) is 0 Å². The molecular weight excluding hydrogens is 244 g/mol. The van der Waals surface area contributed by atoms with Crippen molar-refractivity contribution in [3.8, 4) is 0 Å². The topological polar surface area (TPSA) is 20.2 Å². The quantitative estimate of drug-likeness (QED) is 0.642. The second kappa shape index (κ2) is 4.35. The average Bonchev–Trinajstić information content (AvgIpc) is 2.81. The van der Waals surface area contributed by atoms with Crippen molar-refractivity contribution in [1.29, 1.82) is 0 Å². The van der Waals surface area contributed by atoms with Crippen LogP contribution < -0.4 is 0 Å². The molecule has 0 aliphatic heterocycles. The molecule has 0 bridgehead atoms. The smallest absolute Gasteiger partial charge is 0.0543 e. The van der Waals surface area contributed by atoms with Crippen LogP contribution in [-0.2, 0) is 0 Å². The second-order valence-electron chi connectivity index (χ2n) is 8.77. The van der Waals surface area contributed by atoms with Crippen LogP contribution in [0.2, 0.25) is 0 Å². The summed E-state index contributed by atoms with van der Waals surface area (Å²) in [6.45, 7) is 5.09. The third kappa shape index (κ3) is 1.71. The van der Waals surface area contributed by atoms with Gasteiger partial charge in [-0.25, -0.2) is 0 Å². The Labute approximate surface area is 123 Å². The van der Waals surface area contributed by atoms with Gasteiger partial charge in [-0.1, -0.05) is 26.0 Å². The Kier molecular flexibility index (Phi) is 2.91. The first-order valence-electron chi connectivity index (χ1n) is 8.89. The molecule has 0 aromatic carbocycles. The van der Waals surface area contributed by atoms with Crippen molar-refractivity contribution in [2.45, 2.75) is 71.3 Å². The van der Waals surface area contributed by atoms with Gasteiger partial charge in [-0.15, -0.1) is 0 Å². The van der Waals surface area contributed by atoms with Gasteiger partial charge in [0.25, 0.3) is 0 Å². The number of aliphatic hydroxyl groups is 1. The normalized spacial score (nSPS) is 57.9. The van der Waals surface area contributed by atoms with Crippen molar-refractivity contribution in [1.82, 2.24) is 0 Å². The van der Waals surface area contributed by atoms with E-state index in [2.05, 4.69) is 26.0 Å². The lowest BCUT2D eigenvalue weighted by atomic mass is 9.45. The van der Waals surface area contributed by atoms with Crippen molar-refractivity contribution in [3.63, 3.8) is 0 Å². The lowest BCUT2D eigenvalue weighted by molar-refractivity contribution is -0.116. The van der Waals surface area contributed by atoms with E-state index in [1.165, 1.54) is 38.5 Å². The molecule has 20 heavy (non-hydrogen) atoms. The molecule has 1 nitrogen and oxygen atoms in total. The first-order chi connectivity index (χ1) is 9.53. The van der Waals surface area contributed by atoms with Gasteiger partial charge in [-0.05, 0) is 85.9 Å². The minimum Gasteiger partial charge on any atom is -0.393 e. The molecular formula is C19H30O. The van der Waals surface area contributed by atoms with Crippen molar-refractivity contribution < 1.29 is 5.11 Å². The highest BCUT2D eigenvalue weighted by Crippen LogP contribution is 2.64. The molecule has 112 valence electrons. The molecule has 4 aliphatic carbocycles. The monoisotopic (exact) mass is 274 g/mol. The third-order valence-corrected chi connectivity index (χ3v) is 7.96. The second-order valence-corrected chi connectivity index (χ2v) is 8.77. The third-order valence-electron chi connectivity index (χ3n) is 7.96. The lowest BCUT2D eigenvalue weighted by Crippen LogP contribution is -2.53. The van der Waals surface area contributed by atoms with E-state index in [1.807, 2.05) is 0 Å². The molecule has 1 heteroatoms. The van der Waals surface area contributed by atoms with E-state index in [4.69, 9.17) is 0 Å². The van der Waals surface area contributed by atoms with Gasteiger partial charge in [-0.3, -0.25) is 0 Å². The molecule has 0 amide bonds. The van der Waals surface area contributed by atoms with E-state index in [0.29, 0.717) is 10.8 Å². The molecule has 3 fully saturated rings. The summed E-state index contributed by atoms with van der Waals surface area (Å²) in [6, 6.07) is 0. The maximum Gasteiger partial charge on any atom is 0.0543 e. The molecule has 0 aromatic rings. The van der Waals surface area contributed by atoms with Crippen molar-refractivity contribution in [3.05, 3.63) is 12.2 Å². The Morgan fingerprint density at radius 3 is 2.70 bits per heavy atom.